The maximum Gasteiger partial charge on any atom is 0.146 e. The van der Waals surface area contributed by atoms with Gasteiger partial charge in [0.2, 0.25) is 0 Å². The van der Waals surface area contributed by atoms with Crippen molar-refractivity contribution in [1.82, 2.24) is 0 Å². The van der Waals surface area contributed by atoms with Crippen molar-refractivity contribution in [2.75, 3.05) is 20.5 Å². The Labute approximate surface area is 91.2 Å². The summed E-state index contributed by atoms with van der Waals surface area (Å²) in [6, 6.07) is 0. The van der Waals surface area contributed by atoms with Crippen molar-refractivity contribution in [1.29, 1.82) is 0 Å². The number of rotatable bonds is 7. The van der Waals surface area contributed by atoms with Crippen LogP contribution in [-0.2, 0) is 9.47 Å². The molecular weight excluding hydrogens is 196 g/mol. The Bertz CT molecular complexity index is 157. The molecular formula is C11H22O4. The summed E-state index contributed by atoms with van der Waals surface area (Å²) in [7, 11) is 1.55. The molecule has 1 rings (SSSR count). The van der Waals surface area contributed by atoms with E-state index >= 15 is 0 Å². The molecule has 90 valence electrons. The van der Waals surface area contributed by atoms with E-state index in [9.17, 15) is 5.11 Å². The lowest BCUT2D eigenvalue weighted by atomic mass is 9.95. The molecule has 2 N–H and O–H groups in total. The van der Waals surface area contributed by atoms with E-state index in [0.717, 1.165) is 12.8 Å². The van der Waals surface area contributed by atoms with E-state index in [1.54, 1.807) is 7.11 Å². The molecule has 0 saturated heterocycles. The van der Waals surface area contributed by atoms with Gasteiger partial charge in [-0.25, -0.2) is 0 Å². The van der Waals surface area contributed by atoms with E-state index in [0.29, 0.717) is 12.3 Å². The minimum Gasteiger partial charge on any atom is -0.396 e. The van der Waals surface area contributed by atoms with Crippen molar-refractivity contribution in [3.63, 3.8) is 0 Å². The number of hydrogen-bond donors (Lipinski definition) is 2. The molecule has 0 heterocycles. The highest BCUT2D eigenvalue weighted by molar-refractivity contribution is 4.80. The van der Waals surface area contributed by atoms with Crippen LogP contribution in [0.5, 0.6) is 0 Å². The average molecular weight is 218 g/mol. The van der Waals surface area contributed by atoms with Crippen LogP contribution in [0.2, 0.25) is 0 Å². The van der Waals surface area contributed by atoms with Crippen molar-refractivity contribution in [2.45, 2.75) is 44.3 Å². The highest BCUT2D eigenvalue weighted by Gasteiger charge is 2.30. The van der Waals surface area contributed by atoms with E-state index in [1.807, 2.05) is 0 Å². The lowest BCUT2D eigenvalue weighted by Crippen LogP contribution is -2.35. The maximum atomic E-state index is 10.1. The van der Waals surface area contributed by atoms with E-state index in [1.165, 1.54) is 12.8 Å². The van der Waals surface area contributed by atoms with E-state index in [4.69, 9.17) is 14.6 Å². The molecule has 0 aromatic carbocycles. The Morgan fingerprint density at radius 3 is 2.53 bits per heavy atom. The predicted octanol–water partition coefficient (Wildman–Crippen LogP) is 0.909. The van der Waals surface area contributed by atoms with E-state index < -0.39 is 6.10 Å². The van der Waals surface area contributed by atoms with Crippen LogP contribution in [-0.4, -0.2) is 42.9 Å². The standard InChI is InChI=1S/C11H22O4/c1-14-8-15-10(6-7-12)11(13)9-4-2-3-5-9/h9-13H,2-8H2,1H3/t10-,11+/m0/s1. The second kappa shape index (κ2) is 7.17. The molecule has 2 atom stereocenters. The molecule has 1 aliphatic carbocycles. The third-order valence-electron chi connectivity index (χ3n) is 3.08. The van der Waals surface area contributed by atoms with E-state index in [2.05, 4.69) is 0 Å². The molecule has 4 heteroatoms. The molecule has 0 aliphatic heterocycles. The van der Waals surface area contributed by atoms with Gasteiger partial charge in [0, 0.05) is 13.7 Å². The van der Waals surface area contributed by atoms with Crippen LogP contribution in [0.25, 0.3) is 0 Å². The Balaban J connectivity index is 2.37. The topological polar surface area (TPSA) is 58.9 Å². The average Bonchev–Trinajstić information content (AvgIpc) is 2.76. The summed E-state index contributed by atoms with van der Waals surface area (Å²) in [6.07, 6.45) is 4.24. The van der Waals surface area contributed by atoms with Gasteiger partial charge >= 0.3 is 0 Å². The number of ether oxygens (including phenoxy) is 2. The first kappa shape index (κ1) is 12.9. The summed E-state index contributed by atoms with van der Waals surface area (Å²) in [5.74, 6) is 0.332. The molecule has 1 saturated carbocycles. The quantitative estimate of drug-likeness (QED) is 0.624. The van der Waals surface area contributed by atoms with Gasteiger partial charge in [0.15, 0.2) is 0 Å². The fourth-order valence-corrected chi connectivity index (χ4v) is 2.24. The van der Waals surface area contributed by atoms with Crippen LogP contribution in [0.4, 0.5) is 0 Å². The summed E-state index contributed by atoms with van der Waals surface area (Å²) in [5, 5.41) is 19.0. The van der Waals surface area contributed by atoms with Crippen LogP contribution in [0.15, 0.2) is 0 Å². The second-order valence-electron chi connectivity index (χ2n) is 4.16. The molecule has 0 aromatic heterocycles. The van der Waals surface area contributed by atoms with Gasteiger partial charge in [-0.2, -0.15) is 0 Å². The van der Waals surface area contributed by atoms with Crippen molar-refractivity contribution in [3.8, 4) is 0 Å². The van der Waals surface area contributed by atoms with Crippen molar-refractivity contribution >= 4 is 0 Å². The molecule has 1 fully saturated rings. The Morgan fingerprint density at radius 2 is 2.00 bits per heavy atom. The minimum absolute atomic E-state index is 0.0398. The van der Waals surface area contributed by atoms with Crippen molar-refractivity contribution in [2.24, 2.45) is 5.92 Å². The summed E-state index contributed by atoms with van der Waals surface area (Å²) in [5.41, 5.74) is 0. The monoisotopic (exact) mass is 218 g/mol. The molecule has 0 radical (unpaired) electrons. The smallest absolute Gasteiger partial charge is 0.146 e. The van der Waals surface area contributed by atoms with Gasteiger partial charge in [-0.1, -0.05) is 12.8 Å². The Hall–Kier alpha value is -0.160. The normalized spacial score (nSPS) is 21.8. The Kier molecular flexibility index (Phi) is 6.17. The summed E-state index contributed by atoms with van der Waals surface area (Å²) in [4.78, 5) is 0. The highest BCUT2D eigenvalue weighted by atomic mass is 16.7. The van der Waals surface area contributed by atoms with E-state index in [-0.39, 0.29) is 19.5 Å². The van der Waals surface area contributed by atoms with Gasteiger partial charge in [-0.15, -0.1) is 0 Å². The first-order valence-corrected chi connectivity index (χ1v) is 5.69. The molecule has 0 bridgehead atoms. The zero-order chi connectivity index (χ0) is 11.1. The maximum absolute atomic E-state index is 10.1. The predicted molar refractivity (Wildman–Crippen MR) is 56.4 cm³/mol. The summed E-state index contributed by atoms with van der Waals surface area (Å²) in [6.45, 7) is 0.215. The van der Waals surface area contributed by atoms with Crippen LogP contribution >= 0.6 is 0 Å². The van der Waals surface area contributed by atoms with Crippen molar-refractivity contribution in [3.05, 3.63) is 0 Å². The number of aliphatic hydroxyl groups is 2. The molecule has 0 unspecified atom stereocenters. The van der Waals surface area contributed by atoms with Gasteiger partial charge in [-0.3, -0.25) is 0 Å². The van der Waals surface area contributed by atoms with Gasteiger partial charge in [0.1, 0.15) is 6.79 Å². The summed E-state index contributed by atoms with van der Waals surface area (Å²) >= 11 is 0. The van der Waals surface area contributed by atoms with Gasteiger partial charge in [0.25, 0.3) is 0 Å². The lowest BCUT2D eigenvalue weighted by Gasteiger charge is -2.26. The molecule has 0 aromatic rings. The fourth-order valence-electron chi connectivity index (χ4n) is 2.24. The largest absolute Gasteiger partial charge is 0.396 e. The lowest BCUT2D eigenvalue weighted by molar-refractivity contribution is -0.129. The van der Waals surface area contributed by atoms with Gasteiger partial charge < -0.3 is 19.7 Å². The van der Waals surface area contributed by atoms with Gasteiger partial charge in [-0.05, 0) is 25.2 Å². The molecule has 15 heavy (non-hydrogen) atoms. The van der Waals surface area contributed by atoms with Crippen LogP contribution in [0.1, 0.15) is 32.1 Å². The zero-order valence-corrected chi connectivity index (χ0v) is 9.39. The zero-order valence-electron chi connectivity index (χ0n) is 9.39. The fraction of sp³-hybridized carbons (Fsp3) is 1.00. The molecule has 0 amide bonds. The third-order valence-corrected chi connectivity index (χ3v) is 3.08. The molecule has 4 nitrogen and oxygen atoms in total. The highest BCUT2D eigenvalue weighted by Crippen LogP contribution is 2.30. The van der Waals surface area contributed by atoms with Crippen LogP contribution in [0, 0.1) is 5.92 Å². The molecule has 0 spiro atoms. The van der Waals surface area contributed by atoms with Crippen LogP contribution < -0.4 is 0 Å². The van der Waals surface area contributed by atoms with Crippen LogP contribution in [0.3, 0.4) is 0 Å². The number of aliphatic hydroxyl groups excluding tert-OH is 2. The molecule has 1 aliphatic rings. The number of hydrogen-bond acceptors (Lipinski definition) is 4. The Morgan fingerprint density at radius 1 is 1.33 bits per heavy atom. The minimum atomic E-state index is -0.463. The van der Waals surface area contributed by atoms with Gasteiger partial charge in [0.05, 0.1) is 12.2 Å². The first-order chi connectivity index (χ1) is 7.29. The SMILES string of the molecule is COCO[C@@H](CCO)[C@H](O)C1CCCC1. The first-order valence-electron chi connectivity index (χ1n) is 5.69. The third kappa shape index (κ3) is 4.07. The number of methoxy groups -OCH3 is 1. The second-order valence-corrected chi connectivity index (χ2v) is 4.16. The van der Waals surface area contributed by atoms with Crippen molar-refractivity contribution < 1.29 is 19.7 Å². The summed E-state index contributed by atoms with van der Waals surface area (Å²) < 4.78 is 10.2.